The molecule has 0 aliphatic rings. The molecule has 0 aliphatic heterocycles. The molecule has 2 aromatic carbocycles. The van der Waals surface area contributed by atoms with Crippen molar-refractivity contribution >= 4 is 10.9 Å². The zero-order valence-corrected chi connectivity index (χ0v) is 14.8. The highest BCUT2D eigenvalue weighted by molar-refractivity contribution is 5.77. The summed E-state index contributed by atoms with van der Waals surface area (Å²) < 4.78 is 5.78. The van der Waals surface area contributed by atoms with Crippen molar-refractivity contribution in [2.24, 2.45) is 0 Å². The Balaban J connectivity index is 1.64. The van der Waals surface area contributed by atoms with Crippen LogP contribution in [0, 0.1) is 6.92 Å². The summed E-state index contributed by atoms with van der Waals surface area (Å²) >= 11 is 0. The van der Waals surface area contributed by atoms with E-state index in [0.717, 1.165) is 17.8 Å². The second kappa shape index (κ2) is 7.49. The number of nitrogens with one attached hydrogen (secondary N) is 1. The Labute approximate surface area is 147 Å². The van der Waals surface area contributed by atoms with Crippen LogP contribution in [0.25, 0.3) is 10.9 Å². The summed E-state index contributed by atoms with van der Waals surface area (Å²) in [6.07, 6.45) is 0. The van der Waals surface area contributed by atoms with E-state index in [2.05, 4.69) is 21.8 Å². The number of para-hydroxylation sites is 1. The number of benzene rings is 2. The molecule has 0 unspecified atom stereocenters. The van der Waals surface area contributed by atoms with Crippen LogP contribution in [0.4, 0.5) is 0 Å². The fourth-order valence-electron chi connectivity index (χ4n) is 2.65. The summed E-state index contributed by atoms with van der Waals surface area (Å²) in [6, 6.07) is 15.4. The second-order valence-electron chi connectivity index (χ2n) is 6.29. The molecule has 0 spiro atoms. The topological polar surface area (TPSA) is 58.2 Å². The minimum Gasteiger partial charge on any atom is -0.492 e. The molecule has 0 bridgehead atoms. The molecule has 3 aromatic rings. The van der Waals surface area contributed by atoms with Crippen molar-refractivity contribution < 1.29 is 4.74 Å². The minimum absolute atomic E-state index is 0.0149. The summed E-state index contributed by atoms with van der Waals surface area (Å²) in [6.45, 7) is 5.38. The maximum atomic E-state index is 12.2. The number of H-pyrrole nitrogens is 1. The lowest BCUT2D eigenvalue weighted by Gasteiger charge is -2.24. The molecule has 0 fully saturated rings. The molecular weight excluding hydrogens is 314 g/mol. The number of hydrogen-bond acceptors (Lipinski definition) is 4. The lowest BCUT2D eigenvalue weighted by molar-refractivity contribution is 0.196. The monoisotopic (exact) mass is 337 g/mol. The van der Waals surface area contributed by atoms with Crippen LogP contribution in [-0.4, -0.2) is 35.1 Å². The van der Waals surface area contributed by atoms with Gasteiger partial charge in [-0.15, -0.1) is 0 Å². The second-order valence-corrected chi connectivity index (χ2v) is 6.29. The van der Waals surface area contributed by atoms with E-state index >= 15 is 0 Å². The number of aryl methyl sites for hydroxylation is 1. The van der Waals surface area contributed by atoms with Gasteiger partial charge in [0.05, 0.1) is 16.9 Å². The first-order chi connectivity index (χ1) is 12.0. The fraction of sp³-hybridized carbons (Fsp3) is 0.300. The van der Waals surface area contributed by atoms with Crippen LogP contribution in [0.15, 0.2) is 53.3 Å². The van der Waals surface area contributed by atoms with Gasteiger partial charge in [0, 0.05) is 6.54 Å². The first kappa shape index (κ1) is 17.2. The quantitative estimate of drug-likeness (QED) is 0.750. The van der Waals surface area contributed by atoms with E-state index in [9.17, 15) is 4.79 Å². The molecule has 1 heterocycles. The molecule has 3 rings (SSSR count). The van der Waals surface area contributed by atoms with E-state index in [4.69, 9.17) is 4.74 Å². The number of hydrogen-bond donors (Lipinski definition) is 1. The molecule has 0 saturated carbocycles. The first-order valence-electron chi connectivity index (χ1n) is 8.43. The van der Waals surface area contributed by atoms with Crippen LogP contribution >= 0.6 is 0 Å². The van der Waals surface area contributed by atoms with Crippen LogP contribution in [-0.2, 0) is 0 Å². The summed E-state index contributed by atoms with van der Waals surface area (Å²) in [5.74, 6) is 1.53. The number of rotatable bonds is 6. The van der Waals surface area contributed by atoms with Gasteiger partial charge in [0.1, 0.15) is 18.2 Å². The van der Waals surface area contributed by atoms with Crippen LogP contribution in [0.2, 0.25) is 0 Å². The Morgan fingerprint density at radius 3 is 2.64 bits per heavy atom. The molecule has 0 radical (unpaired) electrons. The van der Waals surface area contributed by atoms with E-state index in [0.29, 0.717) is 17.8 Å². The van der Waals surface area contributed by atoms with Gasteiger partial charge in [0.2, 0.25) is 0 Å². The van der Waals surface area contributed by atoms with E-state index < -0.39 is 0 Å². The smallest absolute Gasteiger partial charge is 0.258 e. The van der Waals surface area contributed by atoms with E-state index in [-0.39, 0.29) is 11.6 Å². The molecule has 0 aliphatic carbocycles. The first-order valence-corrected chi connectivity index (χ1v) is 8.43. The summed E-state index contributed by atoms with van der Waals surface area (Å²) in [4.78, 5) is 21.8. The normalized spacial score (nSPS) is 12.5. The summed E-state index contributed by atoms with van der Waals surface area (Å²) in [5, 5.41) is 0.615. The predicted molar refractivity (Wildman–Crippen MR) is 100 cm³/mol. The third-order valence-electron chi connectivity index (χ3n) is 4.42. The van der Waals surface area contributed by atoms with Gasteiger partial charge in [-0.3, -0.25) is 9.69 Å². The molecule has 5 heteroatoms. The van der Waals surface area contributed by atoms with Gasteiger partial charge in [-0.25, -0.2) is 4.98 Å². The number of likely N-dealkylation sites (N-methyl/N-ethyl adjacent to an activating group) is 1. The van der Waals surface area contributed by atoms with Gasteiger partial charge in [-0.2, -0.15) is 0 Å². The Morgan fingerprint density at radius 2 is 1.88 bits per heavy atom. The predicted octanol–water partition coefficient (Wildman–Crippen LogP) is 3.30. The number of aromatic nitrogens is 2. The van der Waals surface area contributed by atoms with Crippen LogP contribution in [0.5, 0.6) is 5.75 Å². The Morgan fingerprint density at radius 1 is 1.16 bits per heavy atom. The zero-order chi connectivity index (χ0) is 17.8. The average molecular weight is 337 g/mol. The highest BCUT2D eigenvalue weighted by atomic mass is 16.5. The SMILES string of the molecule is Cc1ccc(OCCN(C)[C@H](C)c2nc3ccccc3c(=O)[nH]2)cc1. The van der Waals surface area contributed by atoms with E-state index in [1.807, 2.05) is 56.4 Å². The van der Waals surface area contributed by atoms with Crippen molar-refractivity contribution in [1.82, 2.24) is 14.9 Å². The summed E-state index contributed by atoms with van der Waals surface area (Å²) in [5.41, 5.74) is 1.83. The van der Waals surface area contributed by atoms with E-state index in [1.54, 1.807) is 6.07 Å². The van der Waals surface area contributed by atoms with Crippen molar-refractivity contribution in [3.8, 4) is 5.75 Å². The summed E-state index contributed by atoms with van der Waals surface area (Å²) in [7, 11) is 2.00. The van der Waals surface area contributed by atoms with Crippen LogP contribution in [0.1, 0.15) is 24.4 Å². The molecule has 0 saturated heterocycles. The van der Waals surface area contributed by atoms with Gasteiger partial charge >= 0.3 is 0 Å². The third kappa shape index (κ3) is 4.06. The van der Waals surface area contributed by atoms with Crippen LogP contribution < -0.4 is 10.3 Å². The van der Waals surface area contributed by atoms with Crippen molar-refractivity contribution in [1.29, 1.82) is 0 Å². The number of ether oxygens (including phenoxy) is 1. The number of fused-ring (bicyclic) bond motifs is 1. The van der Waals surface area contributed by atoms with Gasteiger partial charge in [-0.1, -0.05) is 29.8 Å². The van der Waals surface area contributed by atoms with Crippen molar-refractivity contribution in [3.05, 3.63) is 70.3 Å². The van der Waals surface area contributed by atoms with Crippen LogP contribution in [0.3, 0.4) is 0 Å². The van der Waals surface area contributed by atoms with Gasteiger partial charge in [0.25, 0.3) is 5.56 Å². The fourth-order valence-corrected chi connectivity index (χ4v) is 2.65. The maximum Gasteiger partial charge on any atom is 0.258 e. The Bertz CT molecular complexity index is 903. The molecule has 1 aromatic heterocycles. The molecule has 1 N–H and O–H groups in total. The standard InChI is InChI=1S/C20H23N3O2/c1-14-8-10-16(11-9-14)25-13-12-23(3)15(2)19-21-18-7-5-4-6-17(18)20(24)22-19/h4-11,15H,12-13H2,1-3H3,(H,21,22,24)/t15-/m1/s1. The highest BCUT2D eigenvalue weighted by Crippen LogP contribution is 2.16. The third-order valence-corrected chi connectivity index (χ3v) is 4.42. The van der Waals surface area contributed by atoms with Crippen molar-refractivity contribution in [2.75, 3.05) is 20.2 Å². The van der Waals surface area contributed by atoms with Crippen molar-refractivity contribution in [3.63, 3.8) is 0 Å². The number of aromatic amines is 1. The largest absolute Gasteiger partial charge is 0.492 e. The molecule has 5 nitrogen and oxygen atoms in total. The van der Waals surface area contributed by atoms with Gasteiger partial charge in [0.15, 0.2) is 0 Å². The highest BCUT2D eigenvalue weighted by Gasteiger charge is 2.15. The number of nitrogens with zero attached hydrogens (tertiary/aromatic N) is 2. The molecule has 130 valence electrons. The van der Waals surface area contributed by atoms with Gasteiger partial charge < -0.3 is 9.72 Å². The lowest BCUT2D eigenvalue weighted by atomic mass is 10.2. The average Bonchev–Trinajstić information content (AvgIpc) is 2.62. The Kier molecular flexibility index (Phi) is 5.14. The zero-order valence-electron chi connectivity index (χ0n) is 14.8. The van der Waals surface area contributed by atoms with E-state index in [1.165, 1.54) is 5.56 Å². The lowest BCUT2D eigenvalue weighted by Crippen LogP contribution is -2.29. The maximum absolute atomic E-state index is 12.2. The molecule has 25 heavy (non-hydrogen) atoms. The molecule has 0 amide bonds. The van der Waals surface area contributed by atoms with Crippen molar-refractivity contribution in [2.45, 2.75) is 19.9 Å². The Hall–Kier alpha value is -2.66. The molecular formula is C20H23N3O2. The minimum atomic E-state index is -0.100. The molecule has 1 atom stereocenters. The van der Waals surface area contributed by atoms with Gasteiger partial charge in [-0.05, 0) is 45.2 Å².